The molecule has 1 N–H and O–H groups in total. The van der Waals surface area contributed by atoms with Crippen LogP contribution in [0.3, 0.4) is 0 Å². The zero-order chi connectivity index (χ0) is 24.9. The molecule has 3 fully saturated rings. The number of allylic oxidation sites excluding steroid dienone is 4. The fourth-order valence-corrected chi connectivity index (χ4v) is 6.95. The van der Waals surface area contributed by atoms with Crippen molar-refractivity contribution < 1.29 is 38.1 Å². The topological polar surface area (TPSA) is 99.1 Å². The van der Waals surface area contributed by atoms with E-state index < -0.39 is 53.0 Å². The van der Waals surface area contributed by atoms with E-state index in [1.165, 1.54) is 6.08 Å². The predicted octanol–water partition coefficient (Wildman–Crippen LogP) is 4.40. The lowest BCUT2D eigenvalue weighted by atomic mass is 9.47. The molecule has 188 valence electrons. The minimum Gasteiger partial charge on any atom is -0.447 e. The molecule has 0 saturated heterocycles. The molecule has 4 rings (SSSR count). The Morgan fingerprint density at radius 2 is 1.94 bits per heavy atom. The van der Waals surface area contributed by atoms with Crippen molar-refractivity contribution in [3.8, 4) is 0 Å². The van der Waals surface area contributed by atoms with E-state index in [1.807, 2.05) is 13.8 Å². The van der Waals surface area contributed by atoms with Crippen molar-refractivity contribution in [2.24, 2.45) is 22.7 Å². The normalized spacial score (nSPS) is 40.2. The summed E-state index contributed by atoms with van der Waals surface area (Å²) in [4.78, 5) is 36.0. The van der Waals surface area contributed by atoms with Gasteiger partial charge in [-0.3, -0.25) is 4.79 Å². The van der Waals surface area contributed by atoms with Crippen molar-refractivity contribution in [1.29, 1.82) is 0 Å². The highest BCUT2D eigenvalue weighted by Crippen LogP contribution is 2.68. The van der Waals surface area contributed by atoms with Gasteiger partial charge in [0.05, 0.1) is 0 Å². The summed E-state index contributed by atoms with van der Waals surface area (Å²) in [5.74, 6) is -1.28. The van der Waals surface area contributed by atoms with Crippen LogP contribution in [-0.2, 0) is 23.8 Å². The van der Waals surface area contributed by atoms with Gasteiger partial charge in [-0.25, -0.2) is 14.0 Å². The summed E-state index contributed by atoms with van der Waals surface area (Å²) in [7, 11) is 0. The van der Waals surface area contributed by atoms with Gasteiger partial charge in [-0.1, -0.05) is 30.2 Å². The smallest absolute Gasteiger partial charge is 0.447 e. The maximum atomic E-state index is 16.8. The van der Waals surface area contributed by atoms with Crippen LogP contribution in [0, 0.1) is 22.7 Å². The zero-order valence-corrected chi connectivity index (χ0v) is 20.5. The summed E-state index contributed by atoms with van der Waals surface area (Å²) >= 11 is 5.33. The second kappa shape index (κ2) is 8.63. The molecule has 0 aromatic heterocycles. The summed E-state index contributed by atoms with van der Waals surface area (Å²) in [6.07, 6.45) is 6.87. The highest BCUT2D eigenvalue weighted by atomic mass is 35.5. The van der Waals surface area contributed by atoms with Crippen molar-refractivity contribution in [3.63, 3.8) is 0 Å². The monoisotopic (exact) mass is 498 g/mol. The Labute approximate surface area is 203 Å². The lowest BCUT2D eigenvalue weighted by molar-refractivity contribution is -0.167. The molecule has 0 radical (unpaired) electrons. The van der Waals surface area contributed by atoms with Crippen LogP contribution in [0.5, 0.6) is 0 Å². The Morgan fingerprint density at radius 3 is 2.65 bits per heavy atom. The first kappa shape index (κ1) is 25.2. The summed E-state index contributed by atoms with van der Waals surface area (Å²) in [6, 6.07) is -0.430. The van der Waals surface area contributed by atoms with E-state index in [1.54, 1.807) is 12.2 Å². The molecule has 0 aromatic rings. The predicted molar refractivity (Wildman–Crippen MR) is 121 cm³/mol. The fourth-order valence-electron chi connectivity index (χ4n) is 6.85. The van der Waals surface area contributed by atoms with Crippen molar-refractivity contribution in [3.05, 3.63) is 23.8 Å². The molecular weight excluding hydrogens is 467 g/mol. The van der Waals surface area contributed by atoms with Crippen LogP contribution >= 0.6 is 11.6 Å². The van der Waals surface area contributed by atoms with Crippen molar-refractivity contribution in [2.45, 2.75) is 76.7 Å². The Kier molecular flexibility index (Phi) is 6.39. The van der Waals surface area contributed by atoms with Crippen molar-refractivity contribution in [2.75, 3.05) is 12.7 Å². The summed E-state index contributed by atoms with van der Waals surface area (Å²) in [5.41, 5.74) is -3.85. The third-order valence-corrected chi connectivity index (χ3v) is 9.02. The maximum Gasteiger partial charge on any atom is 0.508 e. The Morgan fingerprint density at radius 1 is 1.21 bits per heavy atom. The average Bonchev–Trinajstić information content (AvgIpc) is 3.10. The van der Waals surface area contributed by atoms with E-state index in [4.69, 9.17) is 21.1 Å². The van der Waals surface area contributed by atoms with Crippen molar-refractivity contribution in [1.82, 2.24) is 0 Å². The van der Waals surface area contributed by atoms with Crippen LogP contribution < -0.4 is 0 Å². The third-order valence-electron chi connectivity index (χ3n) is 8.91. The summed E-state index contributed by atoms with van der Waals surface area (Å²) in [5, 5.41) is 10.1. The molecule has 4 aliphatic rings. The Hall–Kier alpha value is -1.93. The van der Waals surface area contributed by atoms with Gasteiger partial charge < -0.3 is 19.3 Å². The van der Waals surface area contributed by atoms with E-state index in [9.17, 15) is 19.5 Å². The number of rotatable bonds is 5. The summed E-state index contributed by atoms with van der Waals surface area (Å²) < 4.78 is 32.0. The SMILES string of the molecule is CC(O)(COC(=O)O[C@@H]1CC[C@H]2[C@@H]3CCC4=CC(=O)C=C[C@]4(C)[C@@]3(F)CC[C@]12C)C(=O)OCCl. The molecule has 34 heavy (non-hydrogen) atoms. The van der Waals surface area contributed by atoms with Gasteiger partial charge >= 0.3 is 12.1 Å². The molecule has 7 nitrogen and oxygen atoms in total. The van der Waals surface area contributed by atoms with Gasteiger partial charge in [-0.15, -0.1) is 0 Å². The molecule has 0 amide bonds. The third kappa shape index (κ3) is 3.87. The van der Waals surface area contributed by atoms with E-state index >= 15 is 4.39 Å². The zero-order valence-electron chi connectivity index (χ0n) is 19.8. The van der Waals surface area contributed by atoms with E-state index in [0.717, 1.165) is 18.9 Å². The van der Waals surface area contributed by atoms with Gasteiger partial charge in [0.15, 0.2) is 17.5 Å². The second-order valence-electron chi connectivity index (χ2n) is 10.8. The molecule has 0 aromatic carbocycles. The van der Waals surface area contributed by atoms with Gasteiger partial charge in [-0.05, 0) is 76.4 Å². The Balaban J connectivity index is 1.45. The summed E-state index contributed by atoms with van der Waals surface area (Å²) in [6.45, 7) is 4.47. The number of esters is 1. The van der Waals surface area contributed by atoms with Crippen molar-refractivity contribution >= 4 is 29.5 Å². The number of hydrogen-bond donors (Lipinski definition) is 1. The molecule has 4 aliphatic carbocycles. The highest BCUT2D eigenvalue weighted by Gasteiger charge is 2.67. The number of halogens is 2. The minimum atomic E-state index is -2.05. The van der Waals surface area contributed by atoms with Crippen LogP contribution in [0.15, 0.2) is 23.8 Å². The first-order chi connectivity index (χ1) is 15.9. The molecule has 0 bridgehead atoms. The quantitative estimate of drug-likeness (QED) is 0.443. The van der Waals surface area contributed by atoms with Gasteiger partial charge in [0.1, 0.15) is 18.4 Å². The van der Waals surface area contributed by atoms with Crippen LogP contribution in [0.1, 0.15) is 59.3 Å². The molecule has 7 atom stereocenters. The lowest BCUT2D eigenvalue weighted by Crippen LogP contribution is -2.60. The fraction of sp³-hybridized carbons (Fsp3) is 0.720. The minimum absolute atomic E-state index is 0.0234. The van der Waals surface area contributed by atoms with Crippen LogP contribution in [0.25, 0.3) is 0 Å². The molecule has 1 unspecified atom stereocenters. The second-order valence-corrected chi connectivity index (χ2v) is 11.0. The lowest BCUT2D eigenvalue weighted by Gasteiger charge is -2.60. The standard InChI is InChI=1S/C25H32ClFO7/c1-22-10-11-25(27)18(5-4-15-12-16(28)8-9-23(15,25)2)17(22)6-7-19(22)34-21(30)32-13-24(3,31)20(29)33-14-26/h8-9,12,17-19,31H,4-7,10-11,13-14H2,1-3H3/t17-,18-,19+,22-,23-,24?,25+/m0/s1. The number of carbonyl (C=O) groups excluding carboxylic acids is 3. The van der Waals surface area contributed by atoms with Crippen LogP contribution in [0.2, 0.25) is 0 Å². The van der Waals surface area contributed by atoms with Gasteiger partial charge in [0.25, 0.3) is 0 Å². The number of fused-ring (bicyclic) bond motifs is 5. The first-order valence-corrected chi connectivity index (χ1v) is 12.3. The molecule has 0 aliphatic heterocycles. The highest BCUT2D eigenvalue weighted by molar-refractivity contribution is 6.17. The van der Waals surface area contributed by atoms with E-state index in [2.05, 4.69) is 4.74 Å². The number of carbonyl (C=O) groups is 3. The Bertz CT molecular complexity index is 946. The molecule has 9 heteroatoms. The van der Waals surface area contributed by atoms with Crippen LogP contribution in [-0.4, -0.2) is 53.1 Å². The maximum absolute atomic E-state index is 16.8. The largest absolute Gasteiger partial charge is 0.508 e. The average molecular weight is 499 g/mol. The van der Waals surface area contributed by atoms with Gasteiger partial charge in [0.2, 0.25) is 0 Å². The first-order valence-electron chi connectivity index (χ1n) is 11.8. The number of ketones is 1. The molecule has 0 spiro atoms. The molecular formula is C25H32ClFO7. The van der Waals surface area contributed by atoms with Crippen LogP contribution in [0.4, 0.5) is 9.18 Å². The number of aliphatic hydroxyl groups is 1. The van der Waals surface area contributed by atoms with E-state index in [0.29, 0.717) is 32.1 Å². The van der Waals surface area contributed by atoms with E-state index in [-0.39, 0.29) is 17.6 Å². The molecule has 3 saturated carbocycles. The number of hydrogen-bond acceptors (Lipinski definition) is 7. The van der Waals surface area contributed by atoms with Gasteiger partial charge in [-0.2, -0.15) is 0 Å². The number of alkyl halides is 2. The number of ether oxygens (including phenoxy) is 3. The molecule has 0 heterocycles. The van der Waals surface area contributed by atoms with Gasteiger partial charge in [0, 0.05) is 10.8 Å².